The molecule has 1 aliphatic rings. The Morgan fingerprint density at radius 1 is 1.25 bits per heavy atom. The van der Waals surface area contributed by atoms with Gasteiger partial charge in [0.15, 0.2) is 0 Å². The molecule has 1 fully saturated rings. The van der Waals surface area contributed by atoms with Crippen LogP contribution >= 0.6 is 0 Å². The van der Waals surface area contributed by atoms with Gasteiger partial charge in [-0.05, 0) is 24.2 Å². The van der Waals surface area contributed by atoms with Gasteiger partial charge in [0.1, 0.15) is 0 Å². The fraction of sp³-hybridized carbons (Fsp3) is 1.00. The van der Waals surface area contributed by atoms with E-state index >= 15 is 0 Å². The lowest BCUT2D eigenvalue weighted by Crippen LogP contribution is -2.42. The Morgan fingerprint density at radius 2 is 1.75 bits per heavy atom. The van der Waals surface area contributed by atoms with Crippen molar-refractivity contribution in [2.75, 3.05) is 25.4 Å². The monoisotopic (exact) mass is 249 g/mol. The molecule has 1 saturated heterocycles. The molecule has 0 radical (unpaired) electrons. The fourth-order valence-electron chi connectivity index (χ4n) is 2.24. The van der Waals surface area contributed by atoms with Gasteiger partial charge in [-0.25, -0.2) is 12.7 Å². The molecule has 16 heavy (non-hydrogen) atoms. The molecule has 0 amide bonds. The third-order valence-electron chi connectivity index (χ3n) is 3.42. The standard InChI is InChI=1S/C11H23NO3S/c1-11(2,3)10-4-6-12(7-5-10)16(14,15)9-8-13/h10,13H,4-9H2,1-3H3. The Balaban J connectivity index is 2.56. The van der Waals surface area contributed by atoms with E-state index in [0.29, 0.717) is 19.0 Å². The van der Waals surface area contributed by atoms with E-state index in [4.69, 9.17) is 5.11 Å². The zero-order valence-corrected chi connectivity index (χ0v) is 11.3. The van der Waals surface area contributed by atoms with E-state index in [2.05, 4.69) is 20.8 Å². The van der Waals surface area contributed by atoms with Crippen molar-refractivity contribution in [1.82, 2.24) is 4.31 Å². The molecule has 1 aliphatic heterocycles. The maximum absolute atomic E-state index is 11.7. The summed E-state index contributed by atoms with van der Waals surface area (Å²) in [6, 6.07) is 0. The van der Waals surface area contributed by atoms with Crippen LogP contribution in [0.15, 0.2) is 0 Å². The van der Waals surface area contributed by atoms with Gasteiger partial charge < -0.3 is 5.11 Å². The molecule has 0 saturated carbocycles. The zero-order valence-electron chi connectivity index (χ0n) is 10.4. The Bertz CT molecular complexity index is 311. The minimum Gasteiger partial charge on any atom is -0.395 e. The molecular weight excluding hydrogens is 226 g/mol. The van der Waals surface area contributed by atoms with Gasteiger partial charge in [-0.15, -0.1) is 0 Å². The van der Waals surface area contributed by atoms with Crippen LogP contribution in [0.5, 0.6) is 0 Å². The van der Waals surface area contributed by atoms with Crippen LogP contribution in [0.2, 0.25) is 0 Å². The number of piperidine rings is 1. The highest BCUT2D eigenvalue weighted by atomic mass is 32.2. The third kappa shape index (κ3) is 3.43. The molecule has 96 valence electrons. The van der Waals surface area contributed by atoms with Crippen LogP contribution in [0.25, 0.3) is 0 Å². The summed E-state index contributed by atoms with van der Waals surface area (Å²) in [5.74, 6) is 0.445. The first kappa shape index (κ1) is 13.9. The highest BCUT2D eigenvalue weighted by molar-refractivity contribution is 7.89. The Morgan fingerprint density at radius 3 is 2.12 bits per heavy atom. The lowest BCUT2D eigenvalue weighted by Gasteiger charge is -2.38. The maximum Gasteiger partial charge on any atom is 0.216 e. The van der Waals surface area contributed by atoms with E-state index in [1.807, 2.05) is 0 Å². The first-order valence-electron chi connectivity index (χ1n) is 5.86. The topological polar surface area (TPSA) is 57.6 Å². The summed E-state index contributed by atoms with van der Waals surface area (Å²) in [4.78, 5) is 0. The summed E-state index contributed by atoms with van der Waals surface area (Å²) in [6.07, 6.45) is 1.85. The van der Waals surface area contributed by atoms with Gasteiger partial charge in [0.25, 0.3) is 0 Å². The normalized spacial score (nSPS) is 21.2. The summed E-state index contributed by atoms with van der Waals surface area (Å²) < 4.78 is 24.9. The zero-order chi connectivity index (χ0) is 12.4. The summed E-state index contributed by atoms with van der Waals surface area (Å²) >= 11 is 0. The molecule has 0 aromatic heterocycles. The Labute approximate surface area is 98.7 Å². The van der Waals surface area contributed by atoms with Crippen LogP contribution in [0, 0.1) is 11.3 Å². The van der Waals surface area contributed by atoms with Crippen LogP contribution in [0.4, 0.5) is 0 Å². The number of hydrogen-bond acceptors (Lipinski definition) is 3. The first-order valence-corrected chi connectivity index (χ1v) is 7.47. The van der Waals surface area contributed by atoms with Crippen molar-refractivity contribution in [3.8, 4) is 0 Å². The molecule has 0 bridgehead atoms. The van der Waals surface area contributed by atoms with Gasteiger partial charge in [0.05, 0.1) is 12.4 Å². The quantitative estimate of drug-likeness (QED) is 0.814. The van der Waals surface area contributed by atoms with Crippen molar-refractivity contribution in [3.63, 3.8) is 0 Å². The Kier molecular flexibility index (Phi) is 4.37. The van der Waals surface area contributed by atoms with Crippen molar-refractivity contribution in [2.45, 2.75) is 33.6 Å². The van der Waals surface area contributed by atoms with Crippen LogP contribution in [-0.2, 0) is 10.0 Å². The molecule has 0 atom stereocenters. The summed E-state index contributed by atoms with van der Waals surface area (Å²) in [5.41, 5.74) is 0.257. The van der Waals surface area contributed by atoms with Gasteiger partial charge in [-0.2, -0.15) is 0 Å². The lowest BCUT2D eigenvalue weighted by atomic mass is 9.76. The summed E-state index contributed by atoms with van der Waals surface area (Å²) in [5, 5.41) is 8.71. The summed E-state index contributed by atoms with van der Waals surface area (Å²) in [7, 11) is -3.22. The molecule has 0 aromatic carbocycles. The molecule has 5 heteroatoms. The predicted octanol–water partition coefficient (Wildman–Crippen LogP) is 1.07. The number of aliphatic hydroxyl groups is 1. The number of aliphatic hydroxyl groups excluding tert-OH is 1. The molecule has 1 heterocycles. The third-order valence-corrected chi connectivity index (χ3v) is 5.27. The molecule has 4 nitrogen and oxygen atoms in total. The minimum absolute atomic E-state index is 0.146. The molecule has 1 N–H and O–H groups in total. The van der Waals surface area contributed by atoms with E-state index in [1.165, 1.54) is 4.31 Å². The molecule has 0 aromatic rings. The fourth-order valence-corrected chi connectivity index (χ4v) is 3.50. The van der Waals surface area contributed by atoms with Crippen molar-refractivity contribution in [1.29, 1.82) is 0 Å². The smallest absolute Gasteiger partial charge is 0.216 e. The lowest BCUT2D eigenvalue weighted by molar-refractivity contribution is 0.153. The first-order chi connectivity index (χ1) is 7.27. The largest absolute Gasteiger partial charge is 0.395 e. The van der Waals surface area contributed by atoms with Crippen LogP contribution < -0.4 is 0 Å². The average Bonchev–Trinajstić information content (AvgIpc) is 2.16. The molecule has 0 spiro atoms. The van der Waals surface area contributed by atoms with Crippen molar-refractivity contribution in [3.05, 3.63) is 0 Å². The SMILES string of the molecule is CC(C)(C)C1CCN(S(=O)(=O)CCO)CC1. The van der Waals surface area contributed by atoms with E-state index in [0.717, 1.165) is 12.8 Å². The van der Waals surface area contributed by atoms with Gasteiger partial charge in [0, 0.05) is 13.1 Å². The van der Waals surface area contributed by atoms with Crippen LogP contribution in [0.1, 0.15) is 33.6 Å². The van der Waals surface area contributed by atoms with Crippen molar-refractivity contribution < 1.29 is 13.5 Å². The number of rotatable bonds is 3. The van der Waals surface area contributed by atoms with Crippen LogP contribution in [0.3, 0.4) is 0 Å². The summed E-state index contributed by atoms with van der Waals surface area (Å²) in [6.45, 7) is 7.52. The predicted molar refractivity (Wildman–Crippen MR) is 64.6 cm³/mol. The van der Waals surface area contributed by atoms with Crippen LogP contribution in [-0.4, -0.2) is 43.3 Å². The van der Waals surface area contributed by atoms with Gasteiger partial charge >= 0.3 is 0 Å². The maximum atomic E-state index is 11.7. The van der Waals surface area contributed by atoms with Gasteiger partial charge in [-0.3, -0.25) is 0 Å². The minimum atomic E-state index is -3.22. The highest BCUT2D eigenvalue weighted by Gasteiger charge is 2.32. The van der Waals surface area contributed by atoms with Crippen molar-refractivity contribution in [2.24, 2.45) is 11.3 Å². The second-order valence-electron chi connectivity index (χ2n) is 5.58. The number of sulfonamides is 1. The van der Waals surface area contributed by atoms with Gasteiger partial charge in [0.2, 0.25) is 10.0 Å². The number of nitrogens with zero attached hydrogens (tertiary/aromatic N) is 1. The molecule has 0 unspecified atom stereocenters. The number of hydrogen-bond donors (Lipinski definition) is 1. The van der Waals surface area contributed by atoms with Gasteiger partial charge in [-0.1, -0.05) is 20.8 Å². The van der Waals surface area contributed by atoms with E-state index in [9.17, 15) is 8.42 Å². The molecular formula is C11H23NO3S. The second-order valence-corrected chi connectivity index (χ2v) is 7.67. The average molecular weight is 249 g/mol. The molecule has 0 aliphatic carbocycles. The van der Waals surface area contributed by atoms with E-state index in [1.54, 1.807) is 0 Å². The highest BCUT2D eigenvalue weighted by Crippen LogP contribution is 2.34. The van der Waals surface area contributed by atoms with E-state index in [-0.39, 0.29) is 17.8 Å². The second kappa shape index (κ2) is 5.02. The van der Waals surface area contributed by atoms with Crippen molar-refractivity contribution >= 4 is 10.0 Å². The van der Waals surface area contributed by atoms with E-state index < -0.39 is 10.0 Å². The Hall–Kier alpha value is -0.130. The molecule has 1 rings (SSSR count).